The van der Waals surface area contributed by atoms with E-state index in [1.807, 2.05) is 0 Å². The van der Waals surface area contributed by atoms with Gasteiger partial charge >= 0.3 is 11.9 Å². The van der Waals surface area contributed by atoms with Crippen LogP contribution in [0.15, 0.2) is 0 Å². The van der Waals surface area contributed by atoms with Crippen molar-refractivity contribution < 1.29 is 28.6 Å². The first kappa shape index (κ1) is 29.1. The van der Waals surface area contributed by atoms with Crippen LogP contribution in [0, 0.1) is 5.92 Å². The van der Waals surface area contributed by atoms with E-state index in [1.165, 1.54) is 0 Å². The average Bonchev–Trinajstić information content (AvgIpc) is 2.58. The molecule has 0 aromatic heterocycles. The molecule has 0 radical (unpaired) electrons. The summed E-state index contributed by atoms with van der Waals surface area (Å²) < 4.78 is 17.5. The number of carboxylic acid groups (broad SMARTS) is 1. The fourth-order valence-electron chi connectivity index (χ4n) is 4.80. The first-order valence-corrected chi connectivity index (χ1v) is 15.5. The minimum absolute atomic E-state index is 0.0582. The van der Waals surface area contributed by atoms with Gasteiger partial charge in [-0.2, -0.15) is 0 Å². The van der Waals surface area contributed by atoms with Gasteiger partial charge in [0.2, 0.25) is 0 Å². The van der Waals surface area contributed by atoms with Gasteiger partial charge in [0.15, 0.2) is 14.2 Å². The van der Waals surface area contributed by atoms with E-state index in [9.17, 15) is 14.7 Å². The molecule has 1 heterocycles. The molecule has 0 saturated carbocycles. The Morgan fingerprint density at radius 1 is 1.03 bits per heavy atom. The van der Waals surface area contributed by atoms with E-state index in [1.54, 1.807) is 6.92 Å². The van der Waals surface area contributed by atoms with Crippen molar-refractivity contribution in [2.75, 3.05) is 13.2 Å². The van der Waals surface area contributed by atoms with Crippen LogP contribution in [0.1, 0.15) is 79.6 Å². The standard InChI is InChI=1S/C24H47NO6Si/c1-9-29-22(28)20(21(26)27)14-10-12-18(31-32(6,7)8)13-11-15-30-19-16-23(2,3)25-24(4,5)17-19/h18-20,25H,9-17H2,1-8H3,(H,26,27). The van der Waals surface area contributed by atoms with Crippen molar-refractivity contribution in [3.63, 3.8) is 0 Å². The maximum absolute atomic E-state index is 11.9. The van der Waals surface area contributed by atoms with Crippen LogP contribution in [0.3, 0.4) is 0 Å². The number of nitrogens with one attached hydrogen (secondary N) is 1. The number of hydrogen-bond acceptors (Lipinski definition) is 6. The highest BCUT2D eigenvalue weighted by atomic mass is 28.4. The molecule has 8 heteroatoms. The third-order valence-electron chi connectivity index (χ3n) is 5.59. The number of hydrogen-bond donors (Lipinski definition) is 2. The van der Waals surface area contributed by atoms with Crippen LogP contribution in [0.4, 0.5) is 0 Å². The summed E-state index contributed by atoms with van der Waals surface area (Å²) in [6.45, 7) is 18.0. The maximum atomic E-state index is 11.9. The summed E-state index contributed by atoms with van der Waals surface area (Å²) in [5.41, 5.74) is 0.130. The van der Waals surface area contributed by atoms with Gasteiger partial charge in [-0.3, -0.25) is 9.59 Å². The summed E-state index contributed by atoms with van der Waals surface area (Å²) in [5, 5.41) is 13.0. The Morgan fingerprint density at radius 2 is 1.59 bits per heavy atom. The molecule has 0 aromatic rings. The summed E-state index contributed by atoms with van der Waals surface area (Å²) in [4.78, 5) is 23.3. The van der Waals surface area contributed by atoms with Crippen molar-refractivity contribution in [1.82, 2.24) is 5.32 Å². The van der Waals surface area contributed by atoms with Gasteiger partial charge in [0.25, 0.3) is 0 Å². The molecule has 1 aliphatic heterocycles. The van der Waals surface area contributed by atoms with Crippen LogP contribution >= 0.6 is 0 Å². The summed E-state index contributed by atoms with van der Waals surface area (Å²) in [6, 6.07) is 0. The van der Waals surface area contributed by atoms with E-state index >= 15 is 0 Å². The van der Waals surface area contributed by atoms with E-state index < -0.39 is 26.2 Å². The Labute approximate surface area is 196 Å². The Balaban J connectivity index is 2.52. The Bertz CT molecular complexity index is 586. The number of piperidine rings is 1. The van der Waals surface area contributed by atoms with Gasteiger partial charge in [-0.05, 0) is 99.2 Å². The molecule has 1 aliphatic rings. The molecule has 0 bridgehead atoms. The Morgan fingerprint density at radius 3 is 2.09 bits per heavy atom. The van der Waals surface area contributed by atoms with Crippen molar-refractivity contribution in [3.8, 4) is 0 Å². The van der Waals surface area contributed by atoms with Gasteiger partial charge in [-0.25, -0.2) is 0 Å². The van der Waals surface area contributed by atoms with Crippen molar-refractivity contribution >= 4 is 20.3 Å². The monoisotopic (exact) mass is 473 g/mol. The lowest BCUT2D eigenvalue weighted by Gasteiger charge is -2.46. The normalized spacial score (nSPS) is 20.5. The second-order valence-corrected chi connectivity index (χ2v) is 15.8. The van der Waals surface area contributed by atoms with Crippen LogP contribution in [0.25, 0.3) is 0 Å². The van der Waals surface area contributed by atoms with Crippen LogP contribution in [0.5, 0.6) is 0 Å². The Kier molecular flexibility index (Phi) is 11.3. The molecule has 2 unspecified atom stereocenters. The van der Waals surface area contributed by atoms with Crippen molar-refractivity contribution in [3.05, 3.63) is 0 Å². The number of aliphatic carboxylic acids is 1. The molecule has 188 valence electrons. The van der Waals surface area contributed by atoms with Gasteiger partial charge in [0.05, 0.1) is 12.7 Å². The van der Waals surface area contributed by atoms with Crippen LogP contribution in [-0.4, -0.2) is 61.9 Å². The highest BCUT2D eigenvalue weighted by Crippen LogP contribution is 2.30. The van der Waals surface area contributed by atoms with E-state index in [4.69, 9.17) is 13.9 Å². The van der Waals surface area contributed by atoms with Gasteiger partial charge in [0.1, 0.15) is 0 Å². The predicted molar refractivity (Wildman–Crippen MR) is 129 cm³/mol. The molecule has 1 saturated heterocycles. The third-order valence-corrected chi connectivity index (χ3v) is 6.63. The van der Waals surface area contributed by atoms with E-state index in [2.05, 4.69) is 52.7 Å². The Hall–Kier alpha value is -0.963. The van der Waals surface area contributed by atoms with Gasteiger partial charge in [-0.15, -0.1) is 0 Å². The lowest BCUT2D eigenvalue weighted by molar-refractivity contribution is -0.158. The topological polar surface area (TPSA) is 94.1 Å². The number of rotatable bonds is 14. The molecular weight excluding hydrogens is 426 g/mol. The molecule has 32 heavy (non-hydrogen) atoms. The smallest absolute Gasteiger partial charge is 0.320 e. The van der Waals surface area contributed by atoms with Gasteiger partial charge in [0, 0.05) is 23.8 Å². The fourth-order valence-corrected chi connectivity index (χ4v) is 6.04. The van der Waals surface area contributed by atoms with E-state index in [0.717, 1.165) is 32.1 Å². The average molecular weight is 474 g/mol. The summed E-state index contributed by atoms with van der Waals surface area (Å²) in [7, 11) is -1.74. The molecule has 0 spiro atoms. The van der Waals surface area contributed by atoms with Crippen molar-refractivity contribution in [1.29, 1.82) is 0 Å². The second-order valence-electron chi connectivity index (χ2n) is 11.4. The summed E-state index contributed by atoms with van der Waals surface area (Å²) in [5.74, 6) is -2.87. The molecule has 0 aromatic carbocycles. The lowest BCUT2D eigenvalue weighted by atomic mass is 9.81. The first-order chi connectivity index (χ1) is 14.6. The molecule has 2 atom stereocenters. The number of carbonyl (C=O) groups is 2. The minimum Gasteiger partial charge on any atom is -0.481 e. The maximum Gasteiger partial charge on any atom is 0.320 e. The highest BCUT2D eigenvalue weighted by Gasteiger charge is 2.38. The van der Waals surface area contributed by atoms with Crippen LogP contribution in [-0.2, 0) is 23.5 Å². The van der Waals surface area contributed by atoms with Crippen LogP contribution < -0.4 is 5.32 Å². The predicted octanol–water partition coefficient (Wildman–Crippen LogP) is 4.75. The quantitative estimate of drug-likeness (QED) is 0.163. The van der Waals surface area contributed by atoms with E-state index in [-0.39, 0.29) is 36.3 Å². The number of ether oxygens (including phenoxy) is 2. The highest BCUT2D eigenvalue weighted by molar-refractivity contribution is 6.69. The van der Waals surface area contributed by atoms with E-state index in [0.29, 0.717) is 13.0 Å². The summed E-state index contributed by atoms with van der Waals surface area (Å²) >= 11 is 0. The first-order valence-electron chi connectivity index (χ1n) is 12.1. The van der Waals surface area contributed by atoms with Gasteiger partial charge < -0.3 is 24.3 Å². The summed E-state index contributed by atoms with van der Waals surface area (Å²) in [6.07, 6.45) is 5.70. The minimum atomic E-state index is -1.74. The molecule has 1 fully saturated rings. The lowest BCUT2D eigenvalue weighted by Crippen LogP contribution is -2.59. The SMILES string of the molecule is CCOC(=O)C(CCCC(CCCOC1CC(C)(C)NC(C)(C)C1)O[Si](C)(C)C)C(=O)O. The number of carbonyl (C=O) groups excluding carboxylic acids is 1. The zero-order valence-corrected chi connectivity index (χ0v) is 22.6. The molecule has 7 nitrogen and oxygen atoms in total. The molecule has 0 aliphatic carbocycles. The number of carboxylic acids is 1. The molecule has 0 amide bonds. The van der Waals surface area contributed by atoms with Crippen molar-refractivity contribution in [2.24, 2.45) is 5.92 Å². The zero-order valence-electron chi connectivity index (χ0n) is 21.6. The molecule has 1 rings (SSSR count). The number of esters is 1. The van der Waals surface area contributed by atoms with Gasteiger partial charge in [-0.1, -0.05) is 0 Å². The zero-order chi connectivity index (χ0) is 24.6. The van der Waals surface area contributed by atoms with Crippen LogP contribution in [0.2, 0.25) is 19.6 Å². The second kappa shape index (κ2) is 12.5. The molecular formula is C24H47NO6Si. The largest absolute Gasteiger partial charge is 0.481 e. The molecule has 2 N–H and O–H groups in total. The fraction of sp³-hybridized carbons (Fsp3) is 0.917. The third kappa shape index (κ3) is 11.8. The van der Waals surface area contributed by atoms with Crippen molar-refractivity contribution in [2.45, 2.75) is 122 Å².